The molecule has 5 nitrogen and oxygen atoms in total. The summed E-state index contributed by atoms with van der Waals surface area (Å²) in [5.74, 6) is -0.521. The van der Waals surface area contributed by atoms with Gasteiger partial charge in [0.1, 0.15) is 0 Å². The lowest BCUT2D eigenvalue weighted by Crippen LogP contribution is -2.15. The topological polar surface area (TPSA) is 64.0 Å². The van der Waals surface area contributed by atoms with Crippen molar-refractivity contribution in [1.82, 2.24) is 9.78 Å². The highest BCUT2D eigenvalue weighted by atomic mass is 32.2. The van der Waals surface area contributed by atoms with Crippen molar-refractivity contribution in [2.75, 3.05) is 4.72 Å². The lowest BCUT2D eigenvalue weighted by molar-refractivity contribution is 0.483. The smallest absolute Gasteiger partial charge is 0.268 e. The Morgan fingerprint density at radius 2 is 1.81 bits per heavy atom. The molecule has 1 heterocycles. The first-order chi connectivity index (χ1) is 9.72. The molecular weight excluding hydrogens is 293 g/mol. The third-order valence-corrected chi connectivity index (χ3v) is 4.70. The van der Waals surface area contributed by atoms with Gasteiger partial charge in [-0.25, -0.2) is 13.1 Å². The van der Waals surface area contributed by atoms with Crippen molar-refractivity contribution in [3.63, 3.8) is 0 Å². The largest absolute Gasteiger partial charge is 0.279 e. The minimum absolute atomic E-state index is 0.126. The highest BCUT2D eigenvalue weighted by Gasteiger charge is 2.26. The Kier molecular flexibility index (Phi) is 4.04. The molecule has 0 atom stereocenters. The van der Waals surface area contributed by atoms with E-state index >= 15 is 0 Å². The zero-order valence-electron chi connectivity index (χ0n) is 12.4. The minimum Gasteiger partial charge on any atom is -0.279 e. The molecule has 0 fully saturated rings. The molecule has 0 amide bonds. The van der Waals surface area contributed by atoms with Crippen molar-refractivity contribution < 1.29 is 12.8 Å². The lowest BCUT2D eigenvalue weighted by atomic mass is 10.0. The van der Waals surface area contributed by atoms with E-state index in [2.05, 4.69) is 9.82 Å². The molecule has 1 N–H and O–H groups in total. The summed E-state index contributed by atoms with van der Waals surface area (Å²) in [6.45, 7) is 5.56. The fraction of sp³-hybridized carbons (Fsp3) is 0.357. The Labute approximate surface area is 123 Å². The van der Waals surface area contributed by atoms with Gasteiger partial charge in [0.25, 0.3) is 10.0 Å². The molecule has 0 saturated heterocycles. The molecule has 21 heavy (non-hydrogen) atoms. The van der Waals surface area contributed by atoms with E-state index in [4.69, 9.17) is 0 Å². The number of benzene rings is 1. The van der Waals surface area contributed by atoms with Gasteiger partial charge < -0.3 is 0 Å². The minimum atomic E-state index is -4.00. The van der Waals surface area contributed by atoms with E-state index in [0.717, 1.165) is 10.2 Å². The van der Waals surface area contributed by atoms with Crippen molar-refractivity contribution in [2.45, 2.75) is 31.6 Å². The first-order valence-corrected chi connectivity index (χ1v) is 8.02. The molecule has 1 aromatic heterocycles. The highest BCUT2D eigenvalue weighted by Crippen LogP contribution is 2.23. The molecule has 0 bridgehead atoms. The summed E-state index contributed by atoms with van der Waals surface area (Å²) >= 11 is 0. The molecule has 0 saturated carbocycles. The van der Waals surface area contributed by atoms with E-state index < -0.39 is 20.9 Å². The van der Waals surface area contributed by atoms with Gasteiger partial charge in [-0.05, 0) is 30.5 Å². The van der Waals surface area contributed by atoms with Crippen molar-refractivity contribution in [1.29, 1.82) is 0 Å². The molecule has 2 rings (SSSR count). The zero-order valence-corrected chi connectivity index (χ0v) is 13.2. The standard InChI is InChI=1S/C14H18FN3O2S/c1-9(2)11-5-7-12(8-6-11)17-21(19,20)13-10(3)16-18(4)14(13)15/h5-9,17H,1-4H3. The Bertz CT molecular complexity index is 749. The van der Waals surface area contributed by atoms with Crippen LogP contribution < -0.4 is 4.72 Å². The van der Waals surface area contributed by atoms with Crippen LogP contribution in [0.3, 0.4) is 0 Å². The number of rotatable bonds is 4. The number of anilines is 1. The van der Waals surface area contributed by atoms with Crippen LogP contribution in [0.2, 0.25) is 0 Å². The Hall–Kier alpha value is -1.89. The molecule has 0 aliphatic rings. The van der Waals surface area contributed by atoms with Gasteiger partial charge in [0.15, 0.2) is 4.90 Å². The number of nitrogens with one attached hydrogen (secondary N) is 1. The summed E-state index contributed by atoms with van der Waals surface area (Å²) in [4.78, 5) is -0.419. The van der Waals surface area contributed by atoms with Gasteiger partial charge in [0, 0.05) is 12.7 Å². The Morgan fingerprint density at radius 1 is 1.24 bits per heavy atom. The number of nitrogens with zero attached hydrogens (tertiary/aromatic N) is 2. The summed E-state index contributed by atoms with van der Waals surface area (Å²) < 4.78 is 41.7. The van der Waals surface area contributed by atoms with E-state index in [-0.39, 0.29) is 5.69 Å². The summed E-state index contributed by atoms with van der Waals surface area (Å²) in [6.07, 6.45) is 0. The highest BCUT2D eigenvalue weighted by molar-refractivity contribution is 7.92. The van der Waals surface area contributed by atoms with Gasteiger partial charge in [0.05, 0.1) is 5.69 Å². The van der Waals surface area contributed by atoms with E-state index in [0.29, 0.717) is 11.6 Å². The van der Waals surface area contributed by atoms with Crippen molar-refractivity contribution in [3.05, 3.63) is 41.5 Å². The first kappa shape index (κ1) is 15.5. The van der Waals surface area contributed by atoms with Gasteiger partial charge in [0.2, 0.25) is 5.95 Å². The molecule has 0 radical (unpaired) electrons. The van der Waals surface area contributed by atoms with E-state index in [1.807, 2.05) is 26.0 Å². The number of sulfonamides is 1. The Morgan fingerprint density at radius 3 is 2.24 bits per heavy atom. The van der Waals surface area contributed by atoms with Crippen LogP contribution in [-0.4, -0.2) is 18.2 Å². The van der Waals surface area contributed by atoms with Gasteiger partial charge in [-0.3, -0.25) is 4.72 Å². The molecule has 0 spiro atoms. The first-order valence-electron chi connectivity index (χ1n) is 6.54. The lowest BCUT2D eigenvalue weighted by Gasteiger charge is -2.09. The van der Waals surface area contributed by atoms with E-state index in [9.17, 15) is 12.8 Å². The van der Waals surface area contributed by atoms with Crippen molar-refractivity contribution in [2.24, 2.45) is 7.05 Å². The average Bonchev–Trinajstić information content (AvgIpc) is 2.63. The monoisotopic (exact) mass is 311 g/mol. The zero-order chi connectivity index (χ0) is 15.8. The van der Waals surface area contributed by atoms with Crippen molar-refractivity contribution >= 4 is 15.7 Å². The number of aromatic nitrogens is 2. The van der Waals surface area contributed by atoms with Gasteiger partial charge in [-0.15, -0.1) is 0 Å². The average molecular weight is 311 g/mol. The third-order valence-electron chi connectivity index (χ3n) is 3.20. The van der Waals surface area contributed by atoms with Crippen LogP contribution in [0.4, 0.5) is 10.1 Å². The van der Waals surface area contributed by atoms with Crippen molar-refractivity contribution in [3.8, 4) is 0 Å². The van der Waals surface area contributed by atoms with Crippen LogP contribution in [0.5, 0.6) is 0 Å². The van der Waals surface area contributed by atoms with Crippen LogP contribution in [-0.2, 0) is 17.1 Å². The van der Waals surface area contributed by atoms with Crippen LogP contribution >= 0.6 is 0 Å². The summed E-state index contributed by atoms with van der Waals surface area (Å²) in [5, 5.41) is 3.78. The molecular formula is C14H18FN3O2S. The maximum Gasteiger partial charge on any atom is 0.268 e. The van der Waals surface area contributed by atoms with E-state index in [1.54, 1.807) is 12.1 Å². The maximum absolute atomic E-state index is 13.9. The van der Waals surface area contributed by atoms with Gasteiger partial charge in [-0.2, -0.15) is 9.49 Å². The molecule has 1 aromatic carbocycles. The van der Waals surface area contributed by atoms with Gasteiger partial charge >= 0.3 is 0 Å². The molecule has 0 unspecified atom stereocenters. The quantitative estimate of drug-likeness (QED) is 0.944. The van der Waals surface area contributed by atoms with Gasteiger partial charge in [-0.1, -0.05) is 26.0 Å². The summed E-state index contributed by atoms with van der Waals surface area (Å²) in [7, 11) is -2.64. The molecule has 2 aromatic rings. The molecule has 7 heteroatoms. The molecule has 0 aliphatic carbocycles. The third kappa shape index (κ3) is 3.07. The SMILES string of the molecule is Cc1nn(C)c(F)c1S(=O)(=O)Nc1ccc(C(C)C)cc1. The van der Waals surface area contributed by atoms with Crippen LogP contribution in [0.15, 0.2) is 29.2 Å². The number of hydrogen-bond acceptors (Lipinski definition) is 3. The normalized spacial score (nSPS) is 11.9. The van der Waals surface area contributed by atoms with Crippen LogP contribution in [0, 0.1) is 12.9 Å². The number of aryl methyl sites for hydroxylation is 2. The molecule has 114 valence electrons. The predicted molar refractivity (Wildman–Crippen MR) is 79.2 cm³/mol. The van der Waals surface area contributed by atoms with Crippen LogP contribution in [0.25, 0.3) is 0 Å². The number of hydrogen-bond donors (Lipinski definition) is 1. The second-order valence-electron chi connectivity index (χ2n) is 5.21. The maximum atomic E-state index is 13.9. The number of halogens is 1. The second kappa shape index (κ2) is 5.48. The Balaban J connectivity index is 2.33. The van der Waals surface area contributed by atoms with E-state index in [1.165, 1.54) is 14.0 Å². The second-order valence-corrected chi connectivity index (χ2v) is 6.83. The molecule has 0 aliphatic heterocycles. The fourth-order valence-corrected chi connectivity index (χ4v) is 3.39. The fourth-order valence-electron chi connectivity index (χ4n) is 2.06. The summed E-state index contributed by atoms with van der Waals surface area (Å²) in [5.41, 5.74) is 1.62. The predicted octanol–water partition coefficient (Wildman–Crippen LogP) is 2.79. The summed E-state index contributed by atoms with van der Waals surface area (Å²) in [6, 6.07) is 7.01. The van der Waals surface area contributed by atoms with Crippen LogP contribution in [0.1, 0.15) is 31.0 Å².